The minimum absolute atomic E-state index is 0.0109. The van der Waals surface area contributed by atoms with Crippen LogP contribution >= 0.6 is 7.75 Å². The predicted molar refractivity (Wildman–Crippen MR) is 160 cm³/mol. The first-order chi connectivity index (χ1) is 21.3. The Morgan fingerprint density at radius 1 is 1.20 bits per heavy atom. The molecule has 18 heteroatoms. The molecule has 45 heavy (non-hydrogen) atoms. The Morgan fingerprint density at radius 2 is 1.91 bits per heavy atom. The molecule has 4 rings (SSSR count). The highest BCUT2D eigenvalue weighted by molar-refractivity contribution is 7.52. The van der Waals surface area contributed by atoms with Gasteiger partial charge in [0.2, 0.25) is 5.95 Å². The number of aliphatic hydroxyl groups is 2. The van der Waals surface area contributed by atoms with Gasteiger partial charge in [-0.2, -0.15) is 15.1 Å². The molecule has 3 heterocycles. The quantitative estimate of drug-likeness (QED) is 0.122. The standard InChI is InChI=1S/C27H38N7O10P/c1-5-40-19(35)12-11-16-9-7-8-10-17(16)44-45(39,33-15(3)24(37)41-6-2)42-13-18-21(36)27(4,38)25(43-18)34-14-30-20-22(28)31-26(29)32-23(20)34/h7-10,14-15,18,21,25,36,38H,5-6,11-13H2,1-4H3,(H,33,39)(H4,28,29,31,32). The van der Waals surface area contributed by atoms with Crippen LogP contribution in [-0.4, -0.2) is 85.3 Å². The molecule has 1 aliphatic rings. The normalized spacial score (nSPS) is 23.4. The van der Waals surface area contributed by atoms with E-state index in [1.165, 1.54) is 30.8 Å². The zero-order valence-electron chi connectivity index (χ0n) is 25.3. The van der Waals surface area contributed by atoms with Crippen molar-refractivity contribution >= 4 is 42.6 Å². The van der Waals surface area contributed by atoms with E-state index >= 15 is 0 Å². The molecular formula is C27H38N7O10P. The van der Waals surface area contributed by atoms with Crippen LogP contribution in [0.15, 0.2) is 30.6 Å². The van der Waals surface area contributed by atoms with Gasteiger partial charge in [-0.1, -0.05) is 18.2 Å². The lowest BCUT2D eigenvalue weighted by atomic mass is 9.96. The third kappa shape index (κ3) is 7.69. The number of aliphatic hydroxyl groups excluding tert-OH is 1. The first kappa shape index (κ1) is 34.0. The first-order valence-corrected chi connectivity index (χ1v) is 15.8. The van der Waals surface area contributed by atoms with Gasteiger partial charge in [-0.15, -0.1) is 0 Å². The van der Waals surface area contributed by atoms with Crippen LogP contribution in [0.3, 0.4) is 0 Å². The summed E-state index contributed by atoms with van der Waals surface area (Å²) >= 11 is 0. The molecule has 0 spiro atoms. The molecule has 0 bridgehead atoms. The molecule has 2 aromatic heterocycles. The summed E-state index contributed by atoms with van der Waals surface area (Å²) in [7, 11) is -4.43. The molecule has 1 aliphatic heterocycles. The number of ether oxygens (including phenoxy) is 3. The van der Waals surface area contributed by atoms with Crippen LogP contribution in [0, 0.1) is 0 Å². The van der Waals surface area contributed by atoms with Crippen molar-refractivity contribution in [1.29, 1.82) is 0 Å². The number of para-hydroxylation sites is 1. The minimum atomic E-state index is -4.43. The van der Waals surface area contributed by atoms with Gasteiger partial charge in [0.15, 0.2) is 17.7 Å². The van der Waals surface area contributed by atoms with E-state index < -0.39 is 56.4 Å². The molecule has 1 fully saturated rings. The maximum absolute atomic E-state index is 14.2. The Morgan fingerprint density at radius 3 is 2.62 bits per heavy atom. The number of carbonyl (C=O) groups excluding carboxylic acids is 2. The Hall–Kier alpha value is -3.86. The fraction of sp³-hybridized carbons (Fsp3) is 0.519. The highest BCUT2D eigenvalue weighted by Gasteiger charge is 2.54. The Labute approximate surface area is 258 Å². The predicted octanol–water partition coefficient (Wildman–Crippen LogP) is 1.24. The van der Waals surface area contributed by atoms with Crippen LogP contribution in [0.5, 0.6) is 5.75 Å². The summed E-state index contributed by atoms with van der Waals surface area (Å²) < 4.78 is 43.1. The molecule has 1 aromatic carbocycles. The average molecular weight is 652 g/mol. The number of nitrogens with one attached hydrogen (secondary N) is 1. The van der Waals surface area contributed by atoms with Crippen LogP contribution in [0.4, 0.5) is 11.8 Å². The molecular weight excluding hydrogens is 613 g/mol. The number of aryl methyl sites for hydroxylation is 1. The zero-order chi connectivity index (χ0) is 32.9. The van der Waals surface area contributed by atoms with E-state index in [9.17, 15) is 24.4 Å². The number of nitrogen functional groups attached to an aromatic ring is 2. The van der Waals surface area contributed by atoms with Crippen molar-refractivity contribution < 1.29 is 47.6 Å². The number of rotatable bonds is 14. The van der Waals surface area contributed by atoms with Gasteiger partial charge >= 0.3 is 19.7 Å². The van der Waals surface area contributed by atoms with Crippen LogP contribution < -0.4 is 21.1 Å². The molecule has 3 aromatic rings. The van der Waals surface area contributed by atoms with E-state index in [2.05, 4.69) is 20.0 Å². The molecule has 0 radical (unpaired) electrons. The first-order valence-electron chi connectivity index (χ1n) is 14.2. The number of carbonyl (C=O) groups is 2. The minimum Gasteiger partial charge on any atom is -0.466 e. The maximum atomic E-state index is 14.2. The van der Waals surface area contributed by atoms with Crippen molar-refractivity contribution in [2.45, 2.75) is 70.6 Å². The molecule has 246 valence electrons. The molecule has 6 unspecified atom stereocenters. The van der Waals surface area contributed by atoms with Crippen molar-refractivity contribution in [2.24, 2.45) is 0 Å². The summed E-state index contributed by atoms with van der Waals surface area (Å²) in [4.78, 5) is 36.5. The van der Waals surface area contributed by atoms with Gasteiger partial charge in [-0.05, 0) is 45.7 Å². The SMILES string of the molecule is CCOC(=O)CCc1ccccc1OP(=O)(NC(C)C(=O)OCC)OCC1OC(n2cnc3c(N)nc(N)nc32)C(C)(O)C1O. The van der Waals surface area contributed by atoms with Crippen molar-refractivity contribution in [3.63, 3.8) is 0 Å². The molecule has 0 saturated carbocycles. The van der Waals surface area contributed by atoms with Gasteiger partial charge in [0.25, 0.3) is 0 Å². The molecule has 6 atom stereocenters. The summed E-state index contributed by atoms with van der Waals surface area (Å²) in [6, 6.07) is 5.41. The molecule has 0 aliphatic carbocycles. The van der Waals surface area contributed by atoms with Gasteiger partial charge in [0.05, 0.1) is 26.1 Å². The van der Waals surface area contributed by atoms with Crippen molar-refractivity contribution in [3.8, 4) is 5.75 Å². The van der Waals surface area contributed by atoms with Gasteiger partial charge in [-0.25, -0.2) is 9.55 Å². The highest BCUT2D eigenvalue weighted by atomic mass is 31.2. The number of nitrogens with zero attached hydrogens (tertiary/aromatic N) is 4. The summed E-state index contributed by atoms with van der Waals surface area (Å²) in [5.74, 6) is -1.14. The Balaban J connectivity index is 1.57. The molecule has 7 N–H and O–H groups in total. The lowest BCUT2D eigenvalue weighted by Gasteiger charge is -2.27. The second-order valence-electron chi connectivity index (χ2n) is 10.4. The second-order valence-corrected chi connectivity index (χ2v) is 12.1. The van der Waals surface area contributed by atoms with Gasteiger partial charge in [0.1, 0.15) is 35.1 Å². The number of fused-ring (bicyclic) bond motifs is 1. The number of esters is 2. The number of imidazole rings is 1. The van der Waals surface area contributed by atoms with Crippen molar-refractivity contribution in [3.05, 3.63) is 36.2 Å². The fourth-order valence-corrected chi connectivity index (χ4v) is 6.26. The van der Waals surface area contributed by atoms with E-state index in [0.717, 1.165) is 0 Å². The number of nitrogens with two attached hydrogens (primary N) is 2. The summed E-state index contributed by atoms with van der Waals surface area (Å²) in [6.07, 6.45) is -2.53. The largest absolute Gasteiger partial charge is 0.466 e. The zero-order valence-corrected chi connectivity index (χ0v) is 26.2. The monoisotopic (exact) mass is 651 g/mol. The fourth-order valence-electron chi connectivity index (χ4n) is 4.72. The van der Waals surface area contributed by atoms with Gasteiger partial charge < -0.3 is 40.4 Å². The van der Waals surface area contributed by atoms with E-state index in [0.29, 0.717) is 5.56 Å². The summed E-state index contributed by atoms with van der Waals surface area (Å²) in [6.45, 7) is 5.81. The van der Waals surface area contributed by atoms with Crippen LogP contribution in [0.1, 0.15) is 45.9 Å². The Kier molecular flexibility index (Phi) is 10.6. The summed E-state index contributed by atoms with van der Waals surface area (Å²) in [5.41, 5.74) is 10.6. The molecule has 17 nitrogen and oxygen atoms in total. The Bertz CT molecular complexity index is 1570. The topological polar surface area (TPSA) is 245 Å². The van der Waals surface area contributed by atoms with E-state index in [1.54, 1.807) is 32.0 Å². The van der Waals surface area contributed by atoms with Gasteiger partial charge in [0, 0.05) is 6.42 Å². The van der Waals surface area contributed by atoms with Crippen LogP contribution in [0.25, 0.3) is 11.2 Å². The average Bonchev–Trinajstić information content (AvgIpc) is 3.49. The highest BCUT2D eigenvalue weighted by Crippen LogP contribution is 2.48. The number of hydrogen-bond acceptors (Lipinski definition) is 15. The maximum Gasteiger partial charge on any atom is 0.459 e. The molecule has 0 amide bonds. The lowest BCUT2D eigenvalue weighted by molar-refractivity contribution is -0.145. The van der Waals surface area contributed by atoms with E-state index in [4.69, 9.17) is 34.7 Å². The van der Waals surface area contributed by atoms with Crippen LogP contribution in [0.2, 0.25) is 0 Å². The third-order valence-electron chi connectivity index (χ3n) is 6.97. The second kappa shape index (κ2) is 14.1. The van der Waals surface area contributed by atoms with Crippen LogP contribution in [-0.2, 0) is 39.3 Å². The van der Waals surface area contributed by atoms with Crippen molar-refractivity contribution in [1.82, 2.24) is 24.6 Å². The third-order valence-corrected chi connectivity index (χ3v) is 8.60. The lowest BCUT2D eigenvalue weighted by Crippen LogP contribution is -2.44. The van der Waals surface area contributed by atoms with E-state index in [1.807, 2.05) is 0 Å². The van der Waals surface area contributed by atoms with Crippen molar-refractivity contribution in [2.75, 3.05) is 31.3 Å². The number of aromatic nitrogens is 4. The smallest absolute Gasteiger partial charge is 0.459 e. The number of hydrogen-bond donors (Lipinski definition) is 5. The van der Waals surface area contributed by atoms with Gasteiger partial charge in [-0.3, -0.25) is 18.7 Å². The van der Waals surface area contributed by atoms with E-state index in [-0.39, 0.29) is 54.7 Å². The summed E-state index contributed by atoms with van der Waals surface area (Å²) in [5, 5.41) is 24.9. The number of benzene rings is 1. The molecule has 1 saturated heterocycles. The number of anilines is 2.